The molecule has 0 atom stereocenters. The second kappa shape index (κ2) is 43.5. The molecule has 0 aliphatic heterocycles. The standard InChI is InChI=1S/C35H30N2.2C27H24Cl2N2.C27H24F2N2/c1-3-37(4-2)33-19-17-27(18-20-33)32-23-34(30-15-13-25-9-5-7-11-28(25)21-30)36-35(24-32)31-16-14-26-10-6-8-12-29(26)22-31;1-3-31(4-2)25-15-9-19(10-16-25)22-17-26(20-5-11-23(28)12-6-20)30-27(18-22)21-7-13-24(29)14-8-21;1-3-31(4-2)25-13-11-19(12-14-25)22-17-26(20-7-5-9-23(28)15-20)30-27(18-22)21-8-6-10-24(29)16-21;1-3-31(4-2)25-15-9-19(10-16-25)22-17-26(20-5-11-23(28)12-6-20)30-27(18-22)21-7-13-24(29)14-8-21/h5-24H,3-4H2,1-2H3;3*5-18H,3-4H2,1-2H3. The van der Waals surface area contributed by atoms with E-state index in [0.717, 1.165) is 176 Å². The molecule has 648 valence electrons. The molecule has 4 aromatic heterocycles. The fourth-order valence-electron chi connectivity index (χ4n) is 16.3. The maximum absolute atomic E-state index is 13.4. The van der Waals surface area contributed by atoms with Crippen molar-refractivity contribution in [1.29, 1.82) is 0 Å². The van der Waals surface area contributed by atoms with Crippen LogP contribution in [0.2, 0.25) is 20.1 Å². The maximum atomic E-state index is 13.4. The van der Waals surface area contributed by atoms with Crippen molar-refractivity contribution >= 4 is 90.7 Å². The summed E-state index contributed by atoms with van der Waals surface area (Å²) in [5.41, 5.74) is 28.8. The van der Waals surface area contributed by atoms with Gasteiger partial charge in [0.25, 0.3) is 0 Å². The van der Waals surface area contributed by atoms with Crippen molar-refractivity contribution in [3.05, 3.63) is 408 Å². The molecule has 0 radical (unpaired) electrons. The summed E-state index contributed by atoms with van der Waals surface area (Å²) in [5, 5.41) is 7.74. The highest BCUT2D eigenvalue weighted by atomic mass is 35.5. The lowest BCUT2D eigenvalue weighted by Crippen LogP contribution is -2.21. The summed E-state index contributed by atoms with van der Waals surface area (Å²) in [5.74, 6) is -0.573. The Kier molecular flexibility index (Phi) is 30.5. The molecule has 18 aromatic rings. The summed E-state index contributed by atoms with van der Waals surface area (Å²) >= 11 is 24.7. The van der Waals surface area contributed by atoms with Crippen LogP contribution >= 0.6 is 46.4 Å². The Bertz CT molecular complexity index is 6350. The Morgan fingerprint density at radius 3 is 0.623 bits per heavy atom. The van der Waals surface area contributed by atoms with E-state index in [9.17, 15) is 8.78 Å². The minimum absolute atomic E-state index is 0.286. The molecule has 0 amide bonds. The quantitative estimate of drug-likeness (QED) is 0.0593. The van der Waals surface area contributed by atoms with Gasteiger partial charge in [-0.05, 0) is 328 Å². The first-order chi connectivity index (χ1) is 63.4. The number of hydrogen-bond acceptors (Lipinski definition) is 8. The largest absolute Gasteiger partial charge is 0.372 e. The summed E-state index contributed by atoms with van der Waals surface area (Å²) in [6, 6.07) is 126. The fourth-order valence-corrected chi connectivity index (χ4v) is 16.9. The molecule has 0 saturated heterocycles. The topological polar surface area (TPSA) is 64.5 Å². The number of anilines is 4. The average Bonchev–Trinajstić information content (AvgIpc) is 0.792. The zero-order valence-electron chi connectivity index (χ0n) is 74.3. The molecule has 0 unspecified atom stereocenters. The first kappa shape index (κ1) is 91.2. The molecule has 14 heteroatoms. The summed E-state index contributed by atoms with van der Waals surface area (Å²) in [6.07, 6.45) is 0. The van der Waals surface area contributed by atoms with Crippen molar-refractivity contribution in [3.8, 4) is 135 Å². The van der Waals surface area contributed by atoms with Gasteiger partial charge in [-0.25, -0.2) is 28.7 Å². The fraction of sp³-hybridized carbons (Fsp3) is 0.138. The number of nitrogens with zero attached hydrogens (tertiary/aromatic N) is 8. The molecule has 8 nitrogen and oxygen atoms in total. The van der Waals surface area contributed by atoms with Crippen molar-refractivity contribution < 1.29 is 8.78 Å². The van der Waals surface area contributed by atoms with Gasteiger partial charge in [-0.3, -0.25) is 0 Å². The molecule has 0 spiro atoms. The third kappa shape index (κ3) is 22.7. The Labute approximate surface area is 783 Å². The van der Waals surface area contributed by atoms with Crippen LogP contribution < -0.4 is 19.6 Å². The van der Waals surface area contributed by atoms with E-state index in [0.29, 0.717) is 20.1 Å². The lowest BCUT2D eigenvalue weighted by atomic mass is 9.97. The van der Waals surface area contributed by atoms with E-state index in [4.69, 9.17) is 66.3 Å². The first-order valence-electron chi connectivity index (χ1n) is 44.5. The van der Waals surface area contributed by atoms with Gasteiger partial charge < -0.3 is 19.6 Å². The minimum Gasteiger partial charge on any atom is -0.372 e. The van der Waals surface area contributed by atoms with Crippen LogP contribution in [0.5, 0.6) is 0 Å². The van der Waals surface area contributed by atoms with Crippen LogP contribution in [0.15, 0.2) is 376 Å². The number of aromatic nitrogens is 4. The second-order valence-electron chi connectivity index (χ2n) is 31.6. The normalized spacial score (nSPS) is 10.9. The number of benzene rings is 14. The Hall–Kier alpha value is -13.6. The van der Waals surface area contributed by atoms with Crippen LogP contribution in [-0.2, 0) is 0 Å². The average molecular weight is 1790 g/mol. The number of pyridine rings is 4. The van der Waals surface area contributed by atoms with E-state index >= 15 is 0 Å². The summed E-state index contributed by atoms with van der Waals surface area (Å²) in [4.78, 5) is 29.2. The van der Waals surface area contributed by atoms with Crippen LogP contribution in [0, 0.1) is 11.6 Å². The van der Waals surface area contributed by atoms with E-state index in [-0.39, 0.29) is 11.6 Å². The summed E-state index contributed by atoms with van der Waals surface area (Å²) < 4.78 is 26.9. The van der Waals surface area contributed by atoms with Crippen molar-refractivity contribution in [2.75, 3.05) is 72.0 Å². The van der Waals surface area contributed by atoms with E-state index < -0.39 is 0 Å². The third-order valence-corrected chi connectivity index (χ3v) is 24.5. The predicted octanol–water partition coefficient (Wildman–Crippen LogP) is 32.9. The van der Waals surface area contributed by atoms with Crippen LogP contribution in [0.3, 0.4) is 0 Å². The molecular formula is C116H102Cl4F2N8. The lowest BCUT2D eigenvalue weighted by Gasteiger charge is -2.21. The molecule has 130 heavy (non-hydrogen) atoms. The van der Waals surface area contributed by atoms with E-state index in [1.165, 1.54) is 79.7 Å². The van der Waals surface area contributed by atoms with Crippen molar-refractivity contribution in [1.82, 2.24) is 19.9 Å². The minimum atomic E-state index is -0.286. The van der Waals surface area contributed by atoms with Gasteiger partial charge >= 0.3 is 0 Å². The monoisotopic (exact) mass is 1780 g/mol. The maximum Gasteiger partial charge on any atom is 0.123 e. The molecule has 0 saturated carbocycles. The first-order valence-corrected chi connectivity index (χ1v) is 46.0. The van der Waals surface area contributed by atoms with Gasteiger partial charge in [-0.15, -0.1) is 0 Å². The molecule has 4 heterocycles. The highest BCUT2D eigenvalue weighted by Gasteiger charge is 2.18. The molecular weight excluding hydrogens is 1690 g/mol. The Morgan fingerprint density at radius 2 is 0.385 bits per heavy atom. The molecule has 0 aliphatic carbocycles. The van der Waals surface area contributed by atoms with Gasteiger partial charge in [0.15, 0.2) is 0 Å². The molecule has 18 rings (SSSR count). The zero-order valence-corrected chi connectivity index (χ0v) is 77.3. The molecule has 14 aromatic carbocycles. The van der Waals surface area contributed by atoms with Crippen LogP contribution in [0.1, 0.15) is 55.4 Å². The lowest BCUT2D eigenvalue weighted by molar-refractivity contribution is 0.627. The second-order valence-corrected chi connectivity index (χ2v) is 33.3. The smallest absolute Gasteiger partial charge is 0.123 e. The zero-order chi connectivity index (χ0) is 90.6. The van der Waals surface area contributed by atoms with Crippen molar-refractivity contribution in [3.63, 3.8) is 0 Å². The Morgan fingerprint density at radius 1 is 0.177 bits per heavy atom. The molecule has 0 fully saturated rings. The van der Waals surface area contributed by atoms with Crippen LogP contribution in [0.25, 0.3) is 156 Å². The van der Waals surface area contributed by atoms with Gasteiger partial charge in [-0.2, -0.15) is 0 Å². The van der Waals surface area contributed by atoms with E-state index in [2.05, 4.69) is 293 Å². The van der Waals surface area contributed by atoms with E-state index in [1.54, 1.807) is 24.3 Å². The Balaban J connectivity index is 0.000000133. The van der Waals surface area contributed by atoms with Gasteiger partial charge in [0.05, 0.1) is 45.6 Å². The van der Waals surface area contributed by atoms with Crippen LogP contribution in [0.4, 0.5) is 31.5 Å². The summed E-state index contributed by atoms with van der Waals surface area (Å²) in [7, 11) is 0. The predicted molar refractivity (Wildman–Crippen MR) is 551 cm³/mol. The van der Waals surface area contributed by atoms with Crippen molar-refractivity contribution in [2.24, 2.45) is 0 Å². The number of hydrogen-bond donors (Lipinski definition) is 0. The van der Waals surface area contributed by atoms with Gasteiger partial charge in [0.1, 0.15) is 11.6 Å². The molecule has 0 bridgehead atoms. The van der Waals surface area contributed by atoms with Crippen molar-refractivity contribution in [2.45, 2.75) is 55.4 Å². The van der Waals surface area contributed by atoms with Gasteiger partial charge in [0.2, 0.25) is 0 Å². The highest BCUT2D eigenvalue weighted by Crippen LogP contribution is 2.40. The SMILES string of the molecule is CCN(CC)c1ccc(-c2cc(-c3ccc(Cl)cc3)nc(-c3ccc(Cl)cc3)c2)cc1.CCN(CC)c1ccc(-c2cc(-c3ccc(F)cc3)nc(-c3ccc(F)cc3)c2)cc1.CCN(CC)c1ccc(-c2cc(-c3ccc4ccccc4c3)nc(-c3ccc4ccccc4c3)c2)cc1.CCN(CC)c1ccc(-c2cc(-c3cccc(Cl)c3)nc(-c3cccc(Cl)c3)c2)cc1. The molecule has 0 aliphatic rings. The number of halogens is 6. The number of rotatable bonds is 24. The highest BCUT2D eigenvalue weighted by molar-refractivity contribution is 6.31. The van der Waals surface area contributed by atoms with Crippen LogP contribution in [-0.4, -0.2) is 72.3 Å². The summed E-state index contributed by atoms with van der Waals surface area (Å²) in [6.45, 7) is 25.3. The number of fused-ring (bicyclic) bond motifs is 2. The van der Waals surface area contributed by atoms with Gasteiger partial charge in [0, 0.05) is 140 Å². The van der Waals surface area contributed by atoms with Gasteiger partial charge in [-0.1, -0.05) is 216 Å². The van der Waals surface area contributed by atoms with E-state index in [1.807, 2.05) is 109 Å². The third-order valence-electron chi connectivity index (χ3n) is 23.5. The molecule has 0 N–H and O–H groups in total.